The molecule has 0 saturated heterocycles. The van der Waals surface area contributed by atoms with E-state index in [9.17, 15) is 31.1 Å². The molecule has 0 atom stereocenters. The van der Waals surface area contributed by atoms with E-state index in [1.165, 1.54) is 6.92 Å². The molecule has 1 aromatic heterocycles. The molecule has 1 aromatic rings. The van der Waals surface area contributed by atoms with Gasteiger partial charge in [0.25, 0.3) is 0 Å². The number of hydrogen-bond donors (Lipinski definition) is 0. The Labute approximate surface area is 126 Å². The Balaban J connectivity index is 3.43. The van der Waals surface area contributed by atoms with Gasteiger partial charge in [-0.15, -0.1) is 13.2 Å². The number of rotatable bonds is 5. The normalized spacial score (nSPS) is 12.0. The first-order chi connectivity index (χ1) is 10.5. The van der Waals surface area contributed by atoms with E-state index in [0.29, 0.717) is 0 Å². The fourth-order valence-corrected chi connectivity index (χ4v) is 1.61. The van der Waals surface area contributed by atoms with Crippen LogP contribution < -0.4 is 9.47 Å². The highest BCUT2D eigenvalue weighted by molar-refractivity contribution is 5.73. The van der Waals surface area contributed by atoms with Crippen LogP contribution >= 0.6 is 0 Å². The van der Waals surface area contributed by atoms with E-state index in [4.69, 9.17) is 0 Å². The van der Waals surface area contributed by atoms with Crippen LogP contribution in [0.25, 0.3) is 0 Å². The molecule has 0 spiro atoms. The van der Waals surface area contributed by atoms with Crippen molar-refractivity contribution in [3.8, 4) is 11.5 Å². The summed E-state index contributed by atoms with van der Waals surface area (Å²) in [6.45, 7) is 1.39. The molecule has 0 saturated carbocycles. The lowest BCUT2D eigenvalue weighted by Gasteiger charge is -2.19. The van der Waals surface area contributed by atoms with Crippen LogP contribution in [0.15, 0.2) is 6.20 Å². The highest BCUT2D eigenvalue weighted by atomic mass is 19.4. The van der Waals surface area contributed by atoms with Gasteiger partial charge in [0.15, 0.2) is 11.5 Å². The van der Waals surface area contributed by atoms with Crippen molar-refractivity contribution in [3.63, 3.8) is 0 Å². The van der Waals surface area contributed by atoms with Gasteiger partial charge in [0.2, 0.25) is 0 Å². The number of pyridine rings is 1. The quantitative estimate of drug-likeness (QED) is 0.605. The van der Waals surface area contributed by atoms with Crippen molar-refractivity contribution in [2.45, 2.75) is 25.9 Å². The van der Waals surface area contributed by atoms with Crippen molar-refractivity contribution in [1.82, 2.24) is 4.98 Å². The first-order valence-corrected chi connectivity index (χ1v) is 6.04. The van der Waals surface area contributed by atoms with Crippen LogP contribution in [0, 0.1) is 0 Å². The van der Waals surface area contributed by atoms with Gasteiger partial charge < -0.3 is 14.2 Å². The number of ether oxygens (including phenoxy) is 3. The summed E-state index contributed by atoms with van der Waals surface area (Å²) in [5.41, 5.74) is -2.25. The average molecular weight is 347 g/mol. The van der Waals surface area contributed by atoms with Crippen LogP contribution in [0.1, 0.15) is 18.2 Å². The molecule has 0 unspecified atom stereocenters. The molecular weight excluding hydrogens is 336 g/mol. The predicted octanol–water partition coefficient (Wildman–Crippen LogP) is 3.11. The lowest BCUT2D eigenvalue weighted by atomic mass is 10.1. The number of nitrogens with zero attached hydrogens (tertiary/aromatic N) is 1. The topological polar surface area (TPSA) is 57.7 Å². The summed E-state index contributed by atoms with van der Waals surface area (Å²) in [6.07, 6.45) is -10.9. The summed E-state index contributed by atoms with van der Waals surface area (Å²) < 4.78 is 88.3. The molecule has 11 heteroatoms. The molecule has 1 rings (SSSR count). The Morgan fingerprint density at radius 2 is 1.78 bits per heavy atom. The second kappa shape index (κ2) is 6.92. The predicted molar refractivity (Wildman–Crippen MR) is 62.8 cm³/mol. The highest BCUT2D eigenvalue weighted by Crippen LogP contribution is 2.44. The van der Waals surface area contributed by atoms with Crippen LogP contribution in [0.4, 0.5) is 26.3 Å². The highest BCUT2D eigenvalue weighted by Gasteiger charge is 2.41. The molecule has 0 aliphatic carbocycles. The number of carbonyl (C=O) groups is 1. The second-order valence-corrected chi connectivity index (χ2v) is 4.01. The summed E-state index contributed by atoms with van der Waals surface area (Å²) in [5.74, 6) is -3.53. The van der Waals surface area contributed by atoms with Crippen molar-refractivity contribution in [2.75, 3.05) is 13.7 Å². The summed E-state index contributed by atoms with van der Waals surface area (Å²) in [6, 6.07) is 0. The summed E-state index contributed by atoms with van der Waals surface area (Å²) in [4.78, 5) is 14.6. The zero-order valence-corrected chi connectivity index (χ0v) is 11.8. The van der Waals surface area contributed by atoms with Gasteiger partial charge in [-0.05, 0) is 6.92 Å². The standard InChI is InChI=1S/C12H11F6NO4/c1-3-22-8(20)4-7-10(23-12(16,17)18)9(21-2)6(5-19-7)11(13,14)15/h5H,3-4H2,1-2H3. The molecule has 0 bridgehead atoms. The second-order valence-electron chi connectivity index (χ2n) is 4.01. The lowest BCUT2D eigenvalue weighted by molar-refractivity contribution is -0.275. The van der Waals surface area contributed by atoms with Crippen molar-refractivity contribution in [2.24, 2.45) is 0 Å². The molecule has 0 fully saturated rings. The third-order valence-electron chi connectivity index (χ3n) is 2.41. The van der Waals surface area contributed by atoms with Gasteiger partial charge in [-0.1, -0.05) is 0 Å². The first kappa shape index (κ1) is 18.8. The third kappa shape index (κ3) is 5.18. The van der Waals surface area contributed by atoms with E-state index in [1.807, 2.05) is 0 Å². The van der Waals surface area contributed by atoms with Gasteiger partial charge in [-0.2, -0.15) is 13.2 Å². The van der Waals surface area contributed by atoms with Crippen molar-refractivity contribution in [3.05, 3.63) is 17.5 Å². The Bertz CT molecular complexity index is 570. The maximum Gasteiger partial charge on any atom is 0.573 e. The smallest absolute Gasteiger partial charge is 0.492 e. The molecule has 0 aliphatic heterocycles. The summed E-state index contributed by atoms with van der Waals surface area (Å²) in [7, 11) is 0.738. The van der Waals surface area contributed by atoms with Crippen LogP contribution in [0.2, 0.25) is 0 Å². The van der Waals surface area contributed by atoms with E-state index in [0.717, 1.165) is 7.11 Å². The third-order valence-corrected chi connectivity index (χ3v) is 2.41. The number of hydrogen-bond acceptors (Lipinski definition) is 5. The molecule has 1 heterocycles. The van der Waals surface area contributed by atoms with E-state index >= 15 is 0 Å². The summed E-state index contributed by atoms with van der Waals surface area (Å²) >= 11 is 0. The Hall–Kier alpha value is -2.20. The largest absolute Gasteiger partial charge is 0.573 e. The van der Waals surface area contributed by atoms with Gasteiger partial charge in [0.05, 0.1) is 25.8 Å². The zero-order chi connectivity index (χ0) is 17.8. The molecule has 0 aliphatic rings. The summed E-state index contributed by atoms with van der Waals surface area (Å²) in [5, 5.41) is 0. The number of halogens is 6. The molecular formula is C12H11F6NO4. The molecule has 0 amide bonds. The zero-order valence-electron chi connectivity index (χ0n) is 11.8. The van der Waals surface area contributed by atoms with E-state index < -0.39 is 47.7 Å². The number of alkyl halides is 6. The minimum Gasteiger partial charge on any atom is -0.492 e. The van der Waals surface area contributed by atoms with Crippen LogP contribution in [-0.4, -0.2) is 31.0 Å². The number of carbonyl (C=O) groups excluding carboxylic acids is 1. The minimum absolute atomic E-state index is 0.0634. The van der Waals surface area contributed by atoms with E-state index in [1.54, 1.807) is 0 Å². The molecule has 5 nitrogen and oxygen atoms in total. The maximum atomic E-state index is 12.8. The van der Waals surface area contributed by atoms with Crippen LogP contribution in [-0.2, 0) is 22.1 Å². The Kier molecular flexibility index (Phi) is 5.67. The van der Waals surface area contributed by atoms with E-state index in [2.05, 4.69) is 19.2 Å². The Morgan fingerprint density at radius 1 is 1.17 bits per heavy atom. The minimum atomic E-state index is -5.30. The van der Waals surface area contributed by atoms with Gasteiger partial charge in [0, 0.05) is 6.20 Å². The van der Waals surface area contributed by atoms with Gasteiger partial charge in [0.1, 0.15) is 5.56 Å². The maximum absolute atomic E-state index is 12.8. The molecule has 0 radical (unpaired) electrons. The van der Waals surface area contributed by atoms with Gasteiger partial charge in [-0.25, -0.2) is 0 Å². The number of aromatic nitrogens is 1. The van der Waals surface area contributed by atoms with Crippen LogP contribution in [0.5, 0.6) is 11.5 Å². The molecule has 0 aromatic carbocycles. The Morgan fingerprint density at radius 3 is 2.22 bits per heavy atom. The van der Waals surface area contributed by atoms with Crippen LogP contribution in [0.3, 0.4) is 0 Å². The van der Waals surface area contributed by atoms with Crippen molar-refractivity contribution < 1.29 is 45.3 Å². The SMILES string of the molecule is CCOC(=O)Cc1ncc(C(F)(F)F)c(OC)c1OC(F)(F)F. The fraction of sp³-hybridized carbons (Fsp3) is 0.500. The van der Waals surface area contributed by atoms with E-state index in [-0.39, 0.29) is 12.8 Å². The van der Waals surface area contributed by atoms with Gasteiger partial charge in [-0.3, -0.25) is 9.78 Å². The molecule has 0 N–H and O–H groups in total. The number of methoxy groups -OCH3 is 1. The van der Waals surface area contributed by atoms with Crippen molar-refractivity contribution >= 4 is 5.97 Å². The first-order valence-electron chi connectivity index (χ1n) is 6.04. The molecule has 23 heavy (non-hydrogen) atoms. The lowest BCUT2D eigenvalue weighted by Crippen LogP contribution is -2.22. The fourth-order valence-electron chi connectivity index (χ4n) is 1.61. The number of esters is 1. The van der Waals surface area contributed by atoms with Crippen molar-refractivity contribution in [1.29, 1.82) is 0 Å². The van der Waals surface area contributed by atoms with Gasteiger partial charge >= 0.3 is 18.5 Å². The molecule has 130 valence electrons. The average Bonchev–Trinajstić information content (AvgIpc) is 2.37. The monoisotopic (exact) mass is 347 g/mol.